The maximum atomic E-state index is 14.5. The van der Waals surface area contributed by atoms with Crippen LogP contribution in [0.4, 0.5) is 4.39 Å². The van der Waals surface area contributed by atoms with Gasteiger partial charge in [-0.1, -0.05) is 13.0 Å². The van der Waals surface area contributed by atoms with E-state index in [1.54, 1.807) is 18.5 Å². The normalized spacial score (nSPS) is 12.6. The van der Waals surface area contributed by atoms with Crippen molar-refractivity contribution in [2.45, 2.75) is 32.9 Å². The molecule has 0 fully saturated rings. The number of aromatic nitrogens is 6. The standard InChI is InChI=1S/C28H30FN9O2S/c1-4-31-11-18-6-20(14-32-12-18)21-9-23-26(37-38-27(23)33-15-21)28-35-16(2)25(36-28)24(10-30)19-5-17(7-22(29)8-19)13-34-41(3,39)40/h5-10,12,14-15,24,30-31,34H,4,11,13H2,1-3H3,(H,35,36)(H,33,37,38). The molecule has 5 rings (SSSR count). The molecule has 0 amide bonds. The zero-order chi connectivity index (χ0) is 29.1. The topological polar surface area (TPSA) is 165 Å². The third-order valence-electron chi connectivity index (χ3n) is 6.61. The molecule has 4 heterocycles. The minimum atomic E-state index is -3.45. The van der Waals surface area contributed by atoms with Gasteiger partial charge in [0.25, 0.3) is 0 Å². The minimum Gasteiger partial charge on any atom is -0.341 e. The van der Waals surface area contributed by atoms with Crippen LogP contribution in [0.25, 0.3) is 33.7 Å². The third kappa shape index (κ3) is 6.37. The average molecular weight is 576 g/mol. The van der Waals surface area contributed by atoms with Crippen molar-refractivity contribution >= 4 is 27.3 Å². The SMILES string of the molecule is CCNCc1cncc(-c2cnc3n[nH]c(-c4nc(C(C=N)c5cc(F)cc(CNS(C)(=O)=O)c5)c(C)[nH]4)c3c2)c1. The van der Waals surface area contributed by atoms with Gasteiger partial charge in [-0.15, -0.1) is 0 Å². The van der Waals surface area contributed by atoms with Gasteiger partial charge in [0.1, 0.15) is 11.5 Å². The van der Waals surface area contributed by atoms with E-state index in [4.69, 9.17) is 10.4 Å². The molecule has 0 bridgehead atoms. The highest BCUT2D eigenvalue weighted by Gasteiger charge is 2.22. The number of sulfonamides is 1. The van der Waals surface area contributed by atoms with E-state index in [-0.39, 0.29) is 6.54 Å². The molecule has 5 N–H and O–H groups in total. The lowest BCUT2D eigenvalue weighted by Gasteiger charge is -2.13. The summed E-state index contributed by atoms with van der Waals surface area (Å²) in [4.78, 5) is 17.0. The van der Waals surface area contributed by atoms with Crippen molar-refractivity contribution in [3.8, 4) is 22.6 Å². The van der Waals surface area contributed by atoms with E-state index in [0.29, 0.717) is 46.2 Å². The van der Waals surface area contributed by atoms with Gasteiger partial charge < -0.3 is 15.7 Å². The fourth-order valence-corrected chi connectivity index (χ4v) is 5.08. The van der Waals surface area contributed by atoms with Gasteiger partial charge in [0.15, 0.2) is 11.5 Å². The Morgan fingerprint density at radius 1 is 1.07 bits per heavy atom. The van der Waals surface area contributed by atoms with Crippen molar-refractivity contribution in [3.63, 3.8) is 0 Å². The number of pyridine rings is 2. The Morgan fingerprint density at radius 3 is 2.63 bits per heavy atom. The van der Waals surface area contributed by atoms with Crippen LogP contribution in [0, 0.1) is 18.2 Å². The van der Waals surface area contributed by atoms with Gasteiger partial charge in [0.2, 0.25) is 10.0 Å². The predicted octanol–water partition coefficient (Wildman–Crippen LogP) is 3.80. The Kier molecular flexibility index (Phi) is 8.01. The van der Waals surface area contributed by atoms with E-state index in [0.717, 1.165) is 34.9 Å². The van der Waals surface area contributed by atoms with Crippen LogP contribution >= 0.6 is 0 Å². The largest absolute Gasteiger partial charge is 0.341 e. The van der Waals surface area contributed by atoms with Crippen LogP contribution in [0.5, 0.6) is 0 Å². The highest BCUT2D eigenvalue weighted by Crippen LogP contribution is 2.32. The first-order valence-electron chi connectivity index (χ1n) is 13.0. The lowest BCUT2D eigenvalue weighted by molar-refractivity contribution is 0.586. The summed E-state index contributed by atoms with van der Waals surface area (Å²) in [5, 5.41) is 19.5. The first kappa shape index (κ1) is 28.2. The molecule has 5 aromatic rings. The Bertz CT molecular complexity index is 1830. The van der Waals surface area contributed by atoms with Crippen molar-refractivity contribution in [1.82, 2.24) is 40.2 Å². The van der Waals surface area contributed by atoms with Gasteiger partial charge in [0, 0.05) is 54.7 Å². The van der Waals surface area contributed by atoms with Crippen molar-refractivity contribution < 1.29 is 12.8 Å². The number of rotatable bonds is 11. The molecule has 41 heavy (non-hydrogen) atoms. The number of H-pyrrole nitrogens is 2. The monoisotopic (exact) mass is 575 g/mol. The van der Waals surface area contributed by atoms with E-state index in [1.165, 1.54) is 18.3 Å². The number of halogens is 1. The highest BCUT2D eigenvalue weighted by atomic mass is 32.2. The van der Waals surface area contributed by atoms with Crippen LogP contribution in [0.2, 0.25) is 0 Å². The summed E-state index contributed by atoms with van der Waals surface area (Å²) in [6.45, 7) is 5.39. The van der Waals surface area contributed by atoms with Gasteiger partial charge in [0.05, 0.1) is 23.3 Å². The smallest absolute Gasteiger partial charge is 0.209 e. The molecule has 0 spiro atoms. The first-order chi connectivity index (χ1) is 19.6. The minimum absolute atomic E-state index is 0.0673. The summed E-state index contributed by atoms with van der Waals surface area (Å²) >= 11 is 0. The zero-order valence-corrected chi connectivity index (χ0v) is 23.6. The third-order valence-corrected chi connectivity index (χ3v) is 7.28. The molecule has 1 aromatic carbocycles. The molecular formula is C28H30FN9O2S. The van der Waals surface area contributed by atoms with Gasteiger partial charge >= 0.3 is 0 Å². The predicted molar refractivity (Wildman–Crippen MR) is 156 cm³/mol. The second-order valence-electron chi connectivity index (χ2n) is 9.78. The number of imidazole rings is 1. The molecule has 1 unspecified atom stereocenters. The van der Waals surface area contributed by atoms with Gasteiger partial charge in [-0.2, -0.15) is 5.10 Å². The van der Waals surface area contributed by atoms with Gasteiger partial charge in [-0.25, -0.2) is 27.5 Å². The molecule has 212 valence electrons. The molecule has 1 atom stereocenters. The summed E-state index contributed by atoms with van der Waals surface area (Å²) in [6.07, 6.45) is 7.61. The Morgan fingerprint density at radius 2 is 1.88 bits per heavy atom. The fourth-order valence-electron chi connectivity index (χ4n) is 4.65. The lowest BCUT2D eigenvalue weighted by Crippen LogP contribution is -2.21. The van der Waals surface area contributed by atoms with Crippen LogP contribution in [0.1, 0.15) is 40.9 Å². The molecular weight excluding hydrogens is 545 g/mol. The summed E-state index contributed by atoms with van der Waals surface area (Å²) < 4.78 is 39.9. The van der Waals surface area contributed by atoms with Crippen molar-refractivity contribution in [2.24, 2.45) is 0 Å². The zero-order valence-electron chi connectivity index (χ0n) is 22.8. The highest BCUT2D eigenvalue weighted by molar-refractivity contribution is 7.88. The average Bonchev–Trinajstić information content (AvgIpc) is 3.53. The molecule has 13 heteroatoms. The second-order valence-corrected chi connectivity index (χ2v) is 11.6. The van der Waals surface area contributed by atoms with Crippen molar-refractivity contribution in [3.05, 3.63) is 82.8 Å². The molecule has 4 aromatic heterocycles. The summed E-state index contributed by atoms with van der Waals surface area (Å²) in [6, 6.07) is 8.31. The fraction of sp³-hybridized carbons (Fsp3) is 0.250. The number of hydrogen-bond acceptors (Lipinski definition) is 8. The van der Waals surface area contributed by atoms with E-state index < -0.39 is 21.8 Å². The van der Waals surface area contributed by atoms with Crippen molar-refractivity contribution in [1.29, 1.82) is 5.41 Å². The van der Waals surface area contributed by atoms with Crippen LogP contribution in [-0.2, 0) is 23.1 Å². The number of fused-ring (bicyclic) bond motifs is 1. The summed E-state index contributed by atoms with van der Waals surface area (Å²) in [5.74, 6) is -0.698. The summed E-state index contributed by atoms with van der Waals surface area (Å²) in [5.41, 5.74) is 6.16. The Balaban J connectivity index is 1.49. The van der Waals surface area contributed by atoms with E-state index in [1.807, 2.05) is 19.2 Å². The van der Waals surface area contributed by atoms with Gasteiger partial charge in [-0.3, -0.25) is 10.1 Å². The maximum absolute atomic E-state index is 14.5. The van der Waals surface area contributed by atoms with Crippen molar-refractivity contribution in [2.75, 3.05) is 12.8 Å². The molecule has 11 nitrogen and oxygen atoms in total. The maximum Gasteiger partial charge on any atom is 0.209 e. The molecule has 0 aliphatic carbocycles. The summed E-state index contributed by atoms with van der Waals surface area (Å²) in [7, 11) is -3.45. The molecule has 0 saturated carbocycles. The molecule has 0 radical (unpaired) electrons. The number of nitrogens with one attached hydrogen (secondary N) is 5. The number of benzene rings is 1. The number of nitrogens with zero attached hydrogens (tertiary/aromatic N) is 4. The van der Waals surface area contributed by atoms with Gasteiger partial charge in [-0.05, 0) is 54.4 Å². The van der Waals surface area contributed by atoms with Crippen LogP contribution in [-0.4, -0.2) is 57.6 Å². The lowest BCUT2D eigenvalue weighted by atomic mass is 9.94. The van der Waals surface area contributed by atoms with E-state index in [2.05, 4.69) is 48.2 Å². The molecule has 0 aliphatic rings. The van der Waals surface area contributed by atoms with Crippen LogP contribution < -0.4 is 10.0 Å². The molecule has 0 saturated heterocycles. The Hall–Kier alpha value is -4.33. The number of hydrogen-bond donors (Lipinski definition) is 5. The number of aryl methyl sites for hydroxylation is 1. The number of aromatic amines is 2. The van der Waals surface area contributed by atoms with Crippen LogP contribution in [0.15, 0.2) is 48.9 Å². The molecule has 0 aliphatic heterocycles. The quantitative estimate of drug-likeness (QED) is 0.149. The Labute approximate surface area is 236 Å². The van der Waals surface area contributed by atoms with E-state index in [9.17, 15) is 12.8 Å². The van der Waals surface area contributed by atoms with E-state index >= 15 is 0 Å². The second kappa shape index (κ2) is 11.6. The first-order valence-corrected chi connectivity index (χ1v) is 14.8. The van der Waals surface area contributed by atoms with Crippen LogP contribution in [0.3, 0.4) is 0 Å².